The highest BCUT2D eigenvalue weighted by atomic mass is 32.1. The lowest BCUT2D eigenvalue weighted by Crippen LogP contribution is -2.43. The van der Waals surface area contributed by atoms with Crippen molar-refractivity contribution >= 4 is 28.5 Å². The lowest BCUT2D eigenvalue weighted by atomic mass is 9.80. The summed E-state index contributed by atoms with van der Waals surface area (Å²) in [6, 6.07) is 2.88. The lowest BCUT2D eigenvalue weighted by Gasteiger charge is -2.36. The summed E-state index contributed by atoms with van der Waals surface area (Å²) in [6.45, 7) is 1.26. The van der Waals surface area contributed by atoms with E-state index in [1.54, 1.807) is 4.90 Å². The molecule has 2 N–H and O–H groups in total. The molecule has 0 radical (unpaired) electrons. The number of nitrogens with one attached hydrogen (secondary N) is 1. The average molecular weight is 450 g/mol. The van der Waals surface area contributed by atoms with Gasteiger partial charge in [0.2, 0.25) is 0 Å². The fraction of sp³-hybridized carbons (Fsp3) is 0.476. The Bertz CT molecular complexity index is 1160. The van der Waals surface area contributed by atoms with Gasteiger partial charge in [-0.3, -0.25) is 9.79 Å². The summed E-state index contributed by atoms with van der Waals surface area (Å²) in [5.74, 6) is -0.304. The van der Waals surface area contributed by atoms with Gasteiger partial charge in [0, 0.05) is 29.6 Å². The van der Waals surface area contributed by atoms with Crippen molar-refractivity contribution in [3.8, 4) is 0 Å². The van der Waals surface area contributed by atoms with Crippen LogP contribution in [0.5, 0.6) is 0 Å². The SMILES string of the molecule is O=C(C1C=c2c(C(F)(F)F)cccc2=N1)N1CCc2nc(NCC3(O)CCC3)sc2C1. The summed E-state index contributed by atoms with van der Waals surface area (Å²) < 4.78 is 39.8. The molecule has 5 rings (SSSR count). The lowest BCUT2D eigenvalue weighted by molar-refractivity contribution is -0.138. The van der Waals surface area contributed by atoms with E-state index >= 15 is 0 Å². The number of thiazole rings is 1. The Morgan fingerprint density at radius 3 is 2.87 bits per heavy atom. The topological polar surface area (TPSA) is 77.8 Å². The molecule has 1 unspecified atom stereocenters. The van der Waals surface area contributed by atoms with E-state index in [-0.39, 0.29) is 16.5 Å². The molecule has 2 aromatic rings. The van der Waals surface area contributed by atoms with Gasteiger partial charge in [0.1, 0.15) is 6.04 Å². The van der Waals surface area contributed by atoms with Crippen LogP contribution in [0.2, 0.25) is 0 Å². The van der Waals surface area contributed by atoms with Crippen LogP contribution in [0.3, 0.4) is 0 Å². The number of hydrogen-bond acceptors (Lipinski definition) is 6. The number of fused-ring (bicyclic) bond motifs is 2. The molecule has 1 saturated carbocycles. The van der Waals surface area contributed by atoms with Crippen LogP contribution in [0.15, 0.2) is 23.2 Å². The van der Waals surface area contributed by atoms with Crippen LogP contribution in [0, 0.1) is 0 Å². The number of hydrogen-bond donors (Lipinski definition) is 2. The third kappa shape index (κ3) is 3.82. The molecule has 2 aliphatic heterocycles. The van der Waals surface area contributed by atoms with E-state index in [1.807, 2.05) is 0 Å². The zero-order valence-electron chi connectivity index (χ0n) is 16.6. The van der Waals surface area contributed by atoms with Crippen molar-refractivity contribution < 1.29 is 23.1 Å². The third-order valence-corrected chi connectivity index (χ3v) is 7.18. The van der Waals surface area contributed by atoms with Crippen molar-refractivity contribution in [3.05, 3.63) is 44.9 Å². The number of carbonyl (C=O) groups is 1. The van der Waals surface area contributed by atoms with E-state index in [0.717, 1.165) is 41.0 Å². The van der Waals surface area contributed by atoms with Crippen LogP contribution in [0.4, 0.5) is 18.3 Å². The van der Waals surface area contributed by atoms with Gasteiger partial charge in [-0.05, 0) is 37.5 Å². The molecule has 1 aliphatic carbocycles. The Morgan fingerprint density at radius 1 is 1.35 bits per heavy atom. The standard InChI is InChI=1S/C21H21F3N4O2S/c22-21(23,24)13-3-1-4-14-12(13)9-16(26-14)18(29)28-8-5-15-17(10-28)31-19(27-15)25-11-20(30)6-2-7-20/h1,3-4,9,16,30H,2,5-8,10-11H2,(H,25,27). The first-order valence-electron chi connectivity index (χ1n) is 10.2. The largest absolute Gasteiger partial charge is 0.417 e. The van der Waals surface area contributed by atoms with Crippen molar-refractivity contribution in [3.63, 3.8) is 0 Å². The quantitative estimate of drug-likeness (QED) is 0.746. The highest BCUT2D eigenvalue weighted by Gasteiger charge is 2.36. The van der Waals surface area contributed by atoms with Gasteiger partial charge in [-0.1, -0.05) is 17.4 Å². The Hall–Kier alpha value is -2.46. The van der Waals surface area contributed by atoms with Crippen molar-refractivity contribution in [2.24, 2.45) is 4.99 Å². The van der Waals surface area contributed by atoms with Crippen LogP contribution in [-0.4, -0.2) is 45.6 Å². The highest BCUT2D eigenvalue weighted by Crippen LogP contribution is 2.34. The molecule has 1 amide bonds. The van der Waals surface area contributed by atoms with Gasteiger partial charge in [-0.2, -0.15) is 13.2 Å². The Kier molecular flexibility index (Phi) is 4.82. The number of rotatable bonds is 4. The van der Waals surface area contributed by atoms with Gasteiger partial charge in [-0.15, -0.1) is 0 Å². The Balaban J connectivity index is 1.30. The Labute approximate surface area is 180 Å². The number of carbonyl (C=O) groups excluding carboxylic acids is 1. The molecule has 1 atom stereocenters. The normalized spacial score (nSPS) is 21.4. The zero-order chi connectivity index (χ0) is 21.8. The minimum absolute atomic E-state index is 0.0238. The van der Waals surface area contributed by atoms with Gasteiger partial charge < -0.3 is 15.3 Å². The minimum Gasteiger partial charge on any atom is -0.388 e. The number of alkyl halides is 3. The number of aromatic nitrogens is 1. The molecule has 10 heteroatoms. The van der Waals surface area contributed by atoms with E-state index in [0.29, 0.717) is 26.1 Å². The molecule has 31 heavy (non-hydrogen) atoms. The third-order valence-electron chi connectivity index (χ3n) is 6.14. The highest BCUT2D eigenvalue weighted by molar-refractivity contribution is 7.15. The molecule has 0 spiro atoms. The molecule has 0 saturated heterocycles. The molecule has 164 valence electrons. The predicted molar refractivity (Wildman–Crippen MR) is 109 cm³/mol. The van der Waals surface area contributed by atoms with E-state index in [1.165, 1.54) is 29.5 Å². The van der Waals surface area contributed by atoms with Crippen LogP contribution < -0.4 is 15.9 Å². The van der Waals surface area contributed by atoms with Crippen molar-refractivity contribution in [1.29, 1.82) is 0 Å². The number of nitrogens with zero attached hydrogens (tertiary/aromatic N) is 3. The molecule has 3 aliphatic rings. The molecule has 0 bridgehead atoms. The Morgan fingerprint density at radius 2 is 2.16 bits per heavy atom. The summed E-state index contributed by atoms with van der Waals surface area (Å²) in [7, 11) is 0. The van der Waals surface area contributed by atoms with E-state index < -0.39 is 23.4 Å². The summed E-state index contributed by atoms with van der Waals surface area (Å²) >= 11 is 1.45. The maximum atomic E-state index is 13.3. The summed E-state index contributed by atoms with van der Waals surface area (Å²) in [5.41, 5.74) is -0.499. The van der Waals surface area contributed by atoms with E-state index in [9.17, 15) is 23.1 Å². The van der Waals surface area contributed by atoms with Crippen LogP contribution in [-0.2, 0) is 23.9 Å². The van der Waals surface area contributed by atoms with Crippen molar-refractivity contribution in [2.45, 2.75) is 50.0 Å². The first kappa shape index (κ1) is 20.4. The fourth-order valence-corrected chi connectivity index (χ4v) is 5.23. The molecular formula is C21H21F3N4O2S. The van der Waals surface area contributed by atoms with Gasteiger partial charge in [0.25, 0.3) is 5.91 Å². The molecule has 3 heterocycles. The van der Waals surface area contributed by atoms with Gasteiger partial charge in [-0.25, -0.2) is 4.98 Å². The molecule has 1 fully saturated rings. The minimum atomic E-state index is -4.49. The molecular weight excluding hydrogens is 429 g/mol. The number of anilines is 1. The maximum absolute atomic E-state index is 13.3. The van der Waals surface area contributed by atoms with Crippen LogP contribution in [0.25, 0.3) is 6.08 Å². The summed E-state index contributed by atoms with van der Waals surface area (Å²) in [4.78, 5) is 24.4. The zero-order valence-corrected chi connectivity index (χ0v) is 17.4. The predicted octanol–water partition coefficient (Wildman–Crippen LogP) is 1.86. The van der Waals surface area contributed by atoms with Crippen molar-refractivity contribution in [1.82, 2.24) is 9.88 Å². The first-order valence-corrected chi connectivity index (χ1v) is 11.0. The van der Waals surface area contributed by atoms with Gasteiger partial charge in [0.05, 0.1) is 28.8 Å². The summed E-state index contributed by atoms with van der Waals surface area (Å²) in [5, 5.41) is 14.3. The van der Waals surface area contributed by atoms with E-state index in [2.05, 4.69) is 15.3 Å². The first-order chi connectivity index (χ1) is 14.7. The van der Waals surface area contributed by atoms with Crippen molar-refractivity contribution in [2.75, 3.05) is 18.4 Å². The molecule has 1 aromatic heterocycles. The molecule has 6 nitrogen and oxygen atoms in total. The monoisotopic (exact) mass is 450 g/mol. The average Bonchev–Trinajstić information content (AvgIpc) is 3.32. The number of benzene rings is 1. The second-order valence-corrected chi connectivity index (χ2v) is 9.39. The summed E-state index contributed by atoms with van der Waals surface area (Å²) in [6.07, 6.45) is 0.00154. The second kappa shape index (κ2) is 7.30. The van der Waals surface area contributed by atoms with Gasteiger partial charge >= 0.3 is 6.18 Å². The van der Waals surface area contributed by atoms with Crippen LogP contribution >= 0.6 is 11.3 Å². The number of halogens is 3. The van der Waals surface area contributed by atoms with Crippen LogP contribution in [0.1, 0.15) is 35.4 Å². The number of amides is 1. The molecule has 1 aromatic carbocycles. The van der Waals surface area contributed by atoms with E-state index in [4.69, 9.17) is 0 Å². The smallest absolute Gasteiger partial charge is 0.388 e. The maximum Gasteiger partial charge on any atom is 0.417 e. The van der Waals surface area contributed by atoms with Gasteiger partial charge in [0.15, 0.2) is 5.13 Å². The second-order valence-electron chi connectivity index (χ2n) is 8.31. The number of aliphatic hydroxyl groups is 1. The fourth-order valence-electron chi connectivity index (χ4n) is 4.21.